The van der Waals surface area contributed by atoms with Gasteiger partial charge in [-0.1, -0.05) is 12.1 Å². The van der Waals surface area contributed by atoms with E-state index in [9.17, 15) is 9.90 Å². The minimum Gasteiger partial charge on any atom is -0.387 e. The Labute approximate surface area is 129 Å². The molecule has 1 amide bonds. The van der Waals surface area contributed by atoms with Crippen LogP contribution in [0, 0.1) is 6.92 Å². The number of benzene rings is 1. The van der Waals surface area contributed by atoms with Gasteiger partial charge in [-0.3, -0.25) is 4.79 Å². The van der Waals surface area contributed by atoms with Crippen molar-refractivity contribution < 1.29 is 9.90 Å². The molecule has 0 aliphatic heterocycles. The summed E-state index contributed by atoms with van der Waals surface area (Å²) in [6.07, 6.45) is -0.703. The molecule has 1 unspecified atom stereocenters. The van der Waals surface area contributed by atoms with Crippen molar-refractivity contribution in [1.82, 2.24) is 5.32 Å². The molecule has 5 heteroatoms. The lowest BCUT2D eigenvalue weighted by Gasteiger charge is -2.15. The predicted octanol–water partition coefficient (Wildman–Crippen LogP) is 2.59. The summed E-state index contributed by atoms with van der Waals surface area (Å²) in [6, 6.07) is 9.49. The number of hydrogen-bond acceptors (Lipinski definition) is 4. The third-order valence-electron chi connectivity index (χ3n) is 3.20. The summed E-state index contributed by atoms with van der Waals surface area (Å²) in [4.78, 5) is 14.6. The predicted molar refractivity (Wildman–Crippen MR) is 87.1 cm³/mol. The molecular weight excluding hydrogens is 284 g/mol. The number of aliphatic hydroxyl groups is 1. The Hall–Kier alpha value is -1.85. The van der Waals surface area contributed by atoms with Gasteiger partial charge in [0.25, 0.3) is 5.91 Å². The van der Waals surface area contributed by atoms with Gasteiger partial charge in [0.2, 0.25) is 0 Å². The summed E-state index contributed by atoms with van der Waals surface area (Å²) in [6.45, 7) is 2.16. The average Bonchev–Trinajstić information content (AvgIpc) is 2.91. The van der Waals surface area contributed by atoms with Gasteiger partial charge in [0.15, 0.2) is 0 Å². The largest absolute Gasteiger partial charge is 0.387 e. The summed E-state index contributed by atoms with van der Waals surface area (Å²) < 4.78 is 0. The van der Waals surface area contributed by atoms with Crippen molar-refractivity contribution in [2.24, 2.45) is 0 Å². The molecule has 2 rings (SSSR count). The van der Waals surface area contributed by atoms with Crippen LogP contribution in [0.15, 0.2) is 35.7 Å². The van der Waals surface area contributed by atoms with E-state index in [0.29, 0.717) is 4.88 Å². The van der Waals surface area contributed by atoms with Crippen LogP contribution in [0.3, 0.4) is 0 Å². The number of hydrogen-bond donors (Lipinski definition) is 2. The molecule has 1 aromatic heterocycles. The molecule has 112 valence electrons. The van der Waals surface area contributed by atoms with Crippen molar-refractivity contribution in [2.75, 3.05) is 25.5 Å². The van der Waals surface area contributed by atoms with E-state index in [4.69, 9.17) is 0 Å². The standard InChI is InChI=1S/C16H20N2O2S/c1-11-8-15(21-10-11)16(20)17-9-14(19)12-4-6-13(7-5-12)18(2)3/h4-8,10,14,19H,9H2,1-3H3,(H,17,20). The minimum absolute atomic E-state index is 0.142. The Morgan fingerprint density at radius 2 is 2.00 bits per heavy atom. The summed E-state index contributed by atoms with van der Waals surface area (Å²) in [7, 11) is 3.93. The maximum absolute atomic E-state index is 11.9. The monoisotopic (exact) mass is 304 g/mol. The van der Waals surface area contributed by atoms with Crippen LogP contribution in [-0.2, 0) is 0 Å². The van der Waals surface area contributed by atoms with Crippen LogP contribution in [0.2, 0.25) is 0 Å². The van der Waals surface area contributed by atoms with Crippen LogP contribution in [0.1, 0.15) is 26.9 Å². The molecule has 1 aromatic carbocycles. The van der Waals surface area contributed by atoms with Gasteiger partial charge in [0, 0.05) is 26.3 Å². The Morgan fingerprint density at radius 1 is 1.33 bits per heavy atom. The highest BCUT2D eigenvalue weighted by Crippen LogP contribution is 2.18. The number of carbonyl (C=O) groups is 1. The number of anilines is 1. The van der Waals surface area contributed by atoms with Crippen molar-refractivity contribution in [3.05, 3.63) is 51.7 Å². The Morgan fingerprint density at radius 3 is 2.52 bits per heavy atom. The topological polar surface area (TPSA) is 52.6 Å². The SMILES string of the molecule is Cc1csc(C(=O)NCC(O)c2ccc(N(C)C)cc2)c1. The molecule has 0 radical (unpaired) electrons. The van der Waals surface area contributed by atoms with Gasteiger partial charge in [0.1, 0.15) is 0 Å². The molecule has 2 N–H and O–H groups in total. The molecule has 0 aliphatic rings. The fourth-order valence-corrected chi connectivity index (χ4v) is 2.75. The first kappa shape index (κ1) is 15.5. The average molecular weight is 304 g/mol. The summed E-state index contributed by atoms with van der Waals surface area (Å²) >= 11 is 1.41. The zero-order chi connectivity index (χ0) is 15.4. The Bertz CT molecular complexity index is 605. The first-order chi connectivity index (χ1) is 9.97. The smallest absolute Gasteiger partial charge is 0.261 e. The van der Waals surface area contributed by atoms with Crippen LogP contribution in [0.25, 0.3) is 0 Å². The molecule has 1 atom stereocenters. The number of thiophene rings is 1. The second-order valence-electron chi connectivity index (χ2n) is 5.20. The van der Waals surface area contributed by atoms with Crippen molar-refractivity contribution in [3.8, 4) is 0 Å². The second-order valence-corrected chi connectivity index (χ2v) is 6.11. The number of carbonyl (C=O) groups excluding carboxylic acids is 1. The van der Waals surface area contributed by atoms with Gasteiger partial charge < -0.3 is 15.3 Å². The number of nitrogens with one attached hydrogen (secondary N) is 1. The van der Waals surface area contributed by atoms with Gasteiger partial charge in [0.05, 0.1) is 11.0 Å². The van der Waals surface area contributed by atoms with E-state index in [1.807, 2.05) is 61.6 Å². The molecule has 4 nitrogen and oxygen atoms in total. The number of aryl methyl sites for hydroxylation is 1. The lowest BCUT2D eigenvalue weighted by Crippen LogP contribution is -2.27. The van der Waals surface area contributed by atoms with E-state index in [2.05, 4.69) is 5.32 Å². The quantitative estimate of drug-likeness (QED) is 0.892. The molecule has 1 heterocycles. The normalized spacial score (nSPS) is 12.0. The van der Waals surface area contributed by atoms with Crippen molar-refractivity contribution in [1.29, 1.82) is 0 Å². The van der Waals surface area contributed by atoms with Gasteiger partial charge in [-0.05, 0) is 41.6 Å². The van der Waals surface area contributed by atoms with E-state index in [-0.39, 0.29) is 12.5 Å². The number of rotatable bonds is 5. The molecule has 0 saturated heterocycles. The molecule has 0 spiro atoms. The summed E-state index contributed by atoms with van der Waals surface area (Å²) in [5, 5.41) is 14.8. The zero-order valence-corrected chi connectivity index (χ0v) is 13.3. The van der Waals surface area contributed by atoms with Crippen LogP contribution >= 0.6 is 11.3 Å². The van der Waals surface area contributed by atoms with E-state index in [1.54, 1.807) is 0 Å². The van der Waals surface area contributed by atoms with E-state index < -0.39 is 6.10 Å². The summed E-state index contributed by atoms with van der Waals surface area (Å²) in [5.74, 6) is -0.142. The first-order valence-electron chi connectivity index (χ1n) is 6.76. The maximum atomic E-state index is 11.9. The molecule has 0 aliphatic carbocycles. The van der Waals surface area contributed by atoms with Crippen molar-refractivity contribution >= 4 is 22.9 Å². The van der Waals surface area contributed by atoms with Gasteiger partial charge >= 0.3 is 0 Å². The Kier molecular flexibility index (Phi) is 4.98. The van der Waals surface area contributed by atoms with E-state index in [1.165, 1.54) is 11.3 Å². The molecule has 2 aromatic rings. The van der Waals surface area contributed by atoms with E-state index >= 15 is 0 Å². The fourth-order valence-electron chi connectivity index (χ4n) is 1.94. The fraction of sp³-hybridized carbons (Fsp3) is 0.312. The molecular formula is C16H20N2O2S. The van der Waals surface area contributed by atoms with Crippen LogP contribution in [0.4, 0.5) is 5.69 Å². The molecule has 0 fully saturated rings. The Balaban J connectivity index is 1.92. The molecule has 0 bridgehead atoms. The lowest BCUT2D eigenvalue weighted by molar-refractivity contribution is 0.0920. The molecule has 21 heavy (non-hydrogen) atoms. The number of amides is 1. The third-order valence-corrected chi connectivity index (χ3v) is 4.25. The van der Waals surface area contributed by atoms with Crippen molar-refractivity contribution in [2.45, 2.75) is 13.0 Å². The molecule has 0 saturated carbocycles. The number of nitrogens with zero attached hydrogens (tertiary/aromatic N) is 1. The maximum Gasteiger partial charge on any atom is 0.261 e. The minimum atomic E-state index is -0.703. The van der Waals surface area contributed by atoms with Crippen LogP contribution < -0.4 is 10.2 Å². The van der Waals surface area contributed by atoms with E-state index in [0.717, 1.165) is 16.8 Å². The lowest BCUT2D eigenvalue weighted by atomic mass is 10.1. The highest BCUT2D eigenvalue weighted by atomic mass is 32.1. The first-order valence-corrected chi connectivity index (χ1v) is 7.64. The third kappa shape index (κ3) is 4.06. The van der Waals surface area contributed by atoms with Crippen molar-refractivity contribution in [3.63, 3.8) is 0 Å². The second kappa shape index (κ2) is 6.74. The van der Waals surface area contributed by atoms with Crippen LogP contribution in [-0.4, -0.2) is 31.7 Å². The van der Waals surface area contributed by atoms with Gasteiger partial charge in [-0.25, -0.2) is 0 Å². The summed E-state index contributed by atoms with van der Waals surface area (Å²) in [5.41, 5.74) is 2.94. The highest BCUT2D eigenvalue weighted by molar-refractivity contribution is 7.12. The number of aliphatic hydroxyl groups excluding tert-OH is 1. The van der Waals surface area contributed by atoms with Gasteiger partial charge in [-0.15, -0.1) is 11.3 Å². The van der Waals surface area contributed by atoms with Crippen LogP contribution in [0.5, 0.6) is 0 Å². The van der Waals surface area contributed by atoms with Gasteiger partial charge in [-0.2, -0.15) is 0 Å². The highest BCUT2D eigenvalue weighted by Gasteiger charge is 2.12. The zero-order valence-electron chi connectivity index (χ0n) is 12.5.